The first kappa shape index (κ1) is 57.9. The van der Waals surface area contributed by atoms with Crippen LogP contribution in [0.3, 0.4) is 0 Å². The molecule has 0 aliphatic heterocycles. The number of hydrogen-bond donors (Lipinski definition) is 0. The molecule has 0 bridgehead atoms. The van der Waals surface area contributed by atoms with E-state index in [0.29, 0.717) is 19.3 Å². The largest absolute Gasteiger partial charge is 0.462 e. The molecule has 0 rings (SSSR count). The van der Waals surface area contributed by atoms with Crippen LogP contribution < -0.4 is 0 Å². The fourth-order valence-corrected chi connectivity index (χ4v) is 6.87. The van der Waals surface area contributed by atoms with E-state index in [1.54, 1.807) is 0 Å². The van der Waals surface area contributed by atoms with Crippen LogP contribution in [-0.4, -0.2) is 37.2 Å². The van der Waals surface area contributed by atoms with Gasteiger partial charge in [-0.05, 0) is 89.9 Å². The number of carbonyl (C=O) groups is 3. The Kier molecular flexibility index (Phi) is 46.9. The Bertz CT molecular complexity index is 1160. The molecule has 0 aromatic rings. The molecule has 0 amide bonds. The van der Waals surface area contributed by atoms with E-state index in [1.807, 2.05) is 0 Å². The Morgan fingerprint density at radius 1 is 0.344 bits per heavy atom. The average Bonchev–Trinajstić information content (AvgIpc) is 3.26. The van der Waals surface area contributed by atoms with Crippen molar-refractivity contribution in [3.05, 3.63) is 72.9 Å². The summed E-state index contributed by atoms with van der Waals surface area (Å²) in [5.41, 5.74) is 0. The van der Waals surface area contributed by atoms with Crippen LogP contribution in [0.4, 0.5) is 0 Å². The zero-order valence-electron chi connectivity index (χ0n) is 39.9. The van der Waals surface area contributed by atoms with Crippen molar-refractivity contribution in [2.75, 3.05) is 13.2 Å². The maximum Gasteiger partial charge on any atom is 0.306 e. The van der Waals surface area contributed by atoms with E-state index in [4.69, 9.17) is 14.2 Å². The molecule has 0 heterocycles. The molecular formula is C55H94O6. The maximum absolute atomic E-state index is 12.8. The molecule has 0 spiro atoms. The molecule has 0 aromatic heterocycles. The highest BCUT2D eigenvalue weighted by molar-refractivity contribution is 5.71. The number of ether oxygens (including phenoxy) is 3. The molecule has 0 radical (unpaired) electrons. The summed E-state index contributed by atoms with van der Waals surface area (Å²) in [7, 11) is 0. The van der Waals surface area contributed by atoms with Crippen LogP contribution in [0.1, 0.15) is 239 Å². The van der Waals surface area contributed by atoms with Crippen LogP contribution >= 0.6 is 0 Å². The number of unbranched alkanes of at least 4 members (excludes halogenated alkanes) is 22. The van der Waals surface area contributed by atoms with Crippen molar-refractivity contribution in [3.63, 3.8) is 0 Å². The van der Waals surface area contributed by atoms with Gasteiger partial charge in [-0.1, -0.05) is 203 Å². The smallest absolute Gasteiger partial charge is 0.306 e. The lowest BCUT2D eigenvalue weighted by molar-refractivity contribution is -0.167. The summed E-state index contributed by atoms with van der Waals surface area (Å²) >= 11 is 0. The van der Waals surface area contributed by atoms with Gasteiger partial charge in [0.25, 0.3) is 0 Å². The third kappa shape index (κ3) is 47.7. The van der Waals surface area contributed by atoms with Gasteiger partial charge in [0, 0.05) is 19.3 Å². The Morgan fingerprint density at radius 3 is 1.03 bits per heavy atom. The van der Waals surface area contributed by atoms with Gasteiger partial charge in [0.05, 0.1) is 0 Å². The second-order valence-corrected chi connectivity index (χ2v) is 16.7. The molecule has 6 heteroatoms. The van der Waals surface area contributed by atoms with Crippen LogP contribution in [0.15, 0.2) is 72.9 Å². The maximum atomic E-state index is 12.8. The molecule has 61 heavy (non-hydrogen) atoms. The summed E-state index contributed by atoms with van der Waals surface area (Å²) < 4.78 is 16.8. The minimum Gasteiger partial charge on any atom is -0.462 e. The standard InChI is InChI=1S/C55H94O6/c1-4-7-10-13-16-19-22-24-26-27-29-30-33-36-39-42-45-48-54(57)60-51-52(50-59-53(56)47-44-41-38-35-32-21-18-15-12-9-6-3)61-55(58)49-46-43-40-37-34-31-28-25-23-20-17-14-11-8-5-2/h8,11,16-17,19-20,24-26,28-30,52H,4-7,9-10,12-15,18,21-23,27,31-51H2,1-3H3/b11-8-,19-16-,20-17-,26-24-,28-25-,30-29-/t52-/m0/s1. The minimum absolute atomic E-state index is 0.0887. The first-order chi connectivity index (χ1) is 30.0. The lowest BCUT2D eigenvalue weighted by atomic mass is 10.1. The lowest BCUT2D eigenvalue weighted by Gasteiger charge is -2.18. The fraction of sp³-hybridized carbons (Fsp3) is 0.727. The van der Waals surface area contributed by atoms with Gasteiger partial charge >= 0.3 is 17.9 Å². The highest BCUT2D eigenvalue weighted by atomic mass is 16.6. The van der Waals surface area contributed by atoms with E-state index in [2.05, 4.69) is 93.7 Å². The van der Waals surface area contributed by atoms with E-state index in [0.717, 1.165) is 122 Å². The van der Waals surface area contributed by atoms with Crippen LogP contribution in [0.5, 0.6) is 0 Å². The molecule has 0 aromatic carbocycles. The number of allylic oxidation sites excluding steroid dienone is 12. The second-order valence-electron chi connectivity index (χ2n) is 16.7. The van der Waals surface area contributed by atoms with Crippen molar-refractivity contribution in [1.82, 2.24) is 0 Å². The molecule has 0 N–H and O–H groups in total. The third-order valence-corrected chi connectivity index (χ3v) is 10.7. The average molecular weight is 851 g/mol. The Morgan fingerprint density at radius 2 is 0.639 bits per heavy atom. The summed E-state index contributed by atoms with van der Waals surface area (Å²) in [6.07, 6.45) is 61.6. The molecule has 0 saturated carbocycles. The van der Waals surface area contributed by atoms with Crippen LogP contribution in [-0.2, 0) is 28.6 Å². The van der Waals surface area contributed by atoms with Crippen molar-refractivity contribution < 1.29 is 28.6 Å². The predicted molar refractivity (Wildman–Crippen MR) is 261 cm³/mol. The van der Waals surface area contributed by atoms with Crippen molar-refractivity contribution in [2.45, 2.75) is 245 Å². The molecule has 0 unspecified atom stereocenters. The van der Waals surface area contributed by atoms with E-state index in [9.17, 15) is 14.4 Å². The van der Waals surface area contributed by atoms with Gasteiger partial charge in [-0.15, -0.1) is 0 Å². The summed E-state index contributed by atoms with van der Waals surface area (Å²) in [6.45, 7) is 6.46. The number of rotatable bonds is 45. The summed E-state index contributed by atoms with van der Waals surface area (Å²) in [5.74, 6) is -0.928. The molecule has 350 valence electrons. The van der Waals surface area contributed by atoms with E-state index in [1.165, 1.54) is 77.0 Å². The van der Waals surface area contributed by atoms with Crippen molar-refractivity contribution >= 4 is 17.9 Å². The summed E-state index contributed by atoms with van der Waals surface area (Å²) in [6, 6.07) is 0. The van der Waals surface area contributed by atoms with Gasteiger partial charge in [0.2, 0.25) is 0 Å². The summed E-state index contributed by atoms with van der Waals surface area (Å²) in [5, 5.41) is 0. The van der Waals surface area contributed by atoms with Crippen LogP contribution in [0.2, 0.25) is 0 Å². The quantitative estimate of drug-likeness (QED) is 0.0263. The molecule has 6 nitrogen and oxygen atoms in total. The van der Waals surface area contributed by atoms with Gasteiger partial charge in [-0.25, -0.2) is 0 Å². The molecular weight excluding hydrogens is 757 g/mol. The van der Waals surface area contributed by atoms with E-state index >= 15 is 0 Å². The second kappa shape index (κ2) is 49.5. The molecule has 0 saturated heterocycles. The zero-order valence-corrected chi connectivity index (χ0v) is 39.9. The Balaban J connectivity index is 4.44. The topological polar surface area (TPSA) is 78.9 Å². The number of esters is 3. The van der Waals surface area contributed by atoms with Gasteiger partial charge in [-0.2, -0.15) is 0 Å². The molecule has 0 fully saturated rings. The fourth-order valence-electron chi connectivity index (χ4n) is 6.87. The number of carbonyl (C=O) groups excluding carboxylic acids is 3. The van der Waals surface area contributed by atoms with Gasteiger partial charge < -0.3 is 14.2 Å². The normalized spacial score (nSPS) is 12.6. The van der Waals surface area contributed by atoms with Crippen molar-refractivity contribution in [3.8, 4) is 0 Å². The van der Waals surface area contributed by atoms with Gasteiger partial charge in [0.1, 0.15) is 13.2 Å². The Hall–Kier alpha value is -3.15. The zero-order chi connectivity index (χ0) is 44.4. The third-order valence-electron chi connectivity index (χ3n) is 10.7. The van der Waals surface area contributed by atoms with Crippen molar-refractivity contribution in [2.24, 2.45) is 0 Å². The highest BCUT2D eigenvalue weighted by Crippen LogP contribution is 2.14. The first-order valence-corrected chi connectivity index (χ1v) is 25.4. The monoisotopic (exact) mass is 851 g/mol. The van der Waals surface area contributed by atoms with Crippen molar-refractivity contribution in [1.29, 1.82) is 0 Å². The Labute approximate surface area is 376 Å². The summed E-state index contributed by atoms with van der Waals surface area (Å²) in [4.78, 5) is 37.9. The molecule has 1 atom stereocenters. The minimum atomic E-state index is -0.791. The number of hydrogen-bond acceptors (Lipinski definition) is 6. The van der Waals surface area contributed by atoms with E-state index < -0.39 is 6.10 Å². The van der Waals surface area contributed by atoms with Crippen LogP contribution in [0, 0.1) is 0 Å². The SMILES string of the molecule is CC/C=C\C/C=C\C/C=C\CCCCCCCC(=O)O[C@H](COC(=O)CCCCCC/C=C\C/C=C\C/C=C\CCCCC)COC(=O)CCCCCCCCCCCCC. The lowest BCUT2D eigenvalue weighted by Crippen LogP contribution is -2.30. The highest BCUT2D eigenvalue weighted by Gasteiger charge is 2.19. The molecule has 0 aliphatic rings. The van der Waals surface area contributed by atoms with Crippen LogP contribution in [0.25, 0.3) is 0 Å². The predicted octanol–water partition coefficient (Wildman–Crippen LogP) is 16.6. The first-order valence-electron chi connectivity index (χ1n) is 25.4. The van der Waals surface area contributed by atoms with Gasteiger partial charge in [0.15, 0.2) is 6.10 Å². The van der Waals surface area contributed by atoms with Gasteiger partial charge in [-0.3, -0.25) is 14.4 Å². The van der Waals surface area contributed by atoms with E-state index in [-0.39, 0.29) is 31.1 Å². The molecule has 0 aliphatic carbocycles.